The zero-order valence-corrected chi connectivity index (χ0v) is 22.9. The molecule has 0 spiro atoms. The van der Waals surface area contributed by atoms with Gasteiger partial charge in [-0.05, 0) is 60.7 Å². The maximum Gasteiger partial charge on any atom is 0.239 e. The van der Waals surface area contributed by atoms with Gasteiger partial charge in [-0.25, -0.2) is 8.42 Å². The van der Waals surface area contributed by atoms with Crippen LogP contribution in [0.15, 0.2) is 77.7 Å². The van der Waals surface area contributed by atoms with Gasteiger partial charge < -0.3 is 20.1 Å². The highest BCUT2D eigenvalue weighted by molar-refractivity contribution is 7.93. The van der Waals surface area contributed by atoms with E-state index in [1.54, 1.807) is 19.2 Å². The van der Waals surface area contributed by atoms with E-state index in [0.29, 0.717) is 45.0 Å². The number of carbonyl (C=O) groups excluding carboxylic acids is 1. The van der Waals surface area contributed by atoms with E-state index in [2.05, 4.69) is 54.3 Å². The summed E-state index contributed by atoms with van der Waals surface area (Å²) in [6.45, 7) is 4.70. The predicted molar refractivity (Wildman–Crippen MR) is 149 cm³/mol. The summed E-state index contributed by atoms with van der Waals surface area (Å²) in [5, 5.41) is 0. The first kappa shape index (κ1) is 27.8. The second kappa shape index (κ2) is 12.1. The molecule has 0 aliphatic carbocycles. The second-order valence-electron chi connectivity index (χ2n) is 9.83. The summed E-state index contributed by atoms with van der Waals surface area (Å²) in [6.07, 6.45) is 1.03. The highest BCUT2D eigenvalue weighted by atomic mass is 32.2. The molecule has 8 heteroatoms. The number of ether oxygens (including phenoxy) is 2. The van der Waals surface area contributed by atoms with Gasteiger partial charge >= 0.3 is 0 Å². The van der Waals surface area contributed by atoms with E-state index in [1.165, 1.54) is 23.3 Å². The smallest absolute Gasteiger partial charge is 0.239 e. The molecule has 0 radical (unpaired) electrons. The molecule has 3 aromatic rings. The number of sulfone groups is 1. The van der Waals surface area contributed by atoms with Crippen LogP contribution in [0.5, 0.6) is 5.75 Å². The quantitative estimate of drug-likeness (QED) is 0.397. The lowest BCUT2D eigenvalue weighted by Crippen LogP contribution is -2.57. The Morgan fingerprint density at radius 3 is 2.26 bits per heavy atom. The third-order valence-corrected chi connectivity index (χ3v) is 9.88. The Balaban J connectivity index is 1.38. The van der Waals surface area contributed by atoms with E-state index in [1.807, 2.05) is 6.07 Å². The number of benzene rings is 3. The van der Waals surface area contributed by atoms with Gasteiger partial charge in [0, 0.05) is 33.2 Å². The molecule has 1 heterocycles. The van der Waals surface area contributed by atoms with Crippen LogP contribution in [0.4, 0.5) is 0 Å². The fourth-order valence-corrected chi connectivity index (χ4v) is 6.82. The summed E-state index contributed by atoms with van der Waals surface area (Å²) >= 11 is 0. The van der Waals surface area contributed by atoms with Crippen molar-refractivity contribution in [3.63, 3.8) is 0 Å². The normalized spacial score (nSPS) is 15.7. The van der Waals surface area contributed by atoms with Crippen LogP contribution < -0.4 is 10.5 Å². The summed E-state index contributed by atoms with van der Waals surface area (Å²) in [6, 6.07) is 23.1. The van der Waals surface area contributed by atoms with Crippen molar-refractivity contribution < 1.29 is 22.7 Å². The zero-order valence-electron chi connectivity index (χ0n) is 22.1. The minimum atomic E-state index is -3.97. The van der Waals surface area contributed by atoms with E-state index in [0.717, 1.165) is 11.1 Å². The number of hydrogen-bond donors (Lipinski definition) is 1. The molecular formula is C30H36N2O5S. The van der Waals surface area contributed by atoms with Crippen molar-refractivity contribution in [2.45, 2.75) is 35.8 Å². The molecule has 1 amide bonds. The number of primary amides is 1. The Bertz CT molecular complexity index is 1330. The summed E-state index contributed by atoms with van der Waals surface area (Å²) in [5.41, 5.74) is 10.4. The number of aryl methyl sites for hydroxylation is 1. The molecule has 7 nitrogen and oxygen atoms in total. The van der Waals surface area contributed by atoms with Gasteiger partial charge in [-0.15, -0.1) is 0 Å². The van der Waals surface area contributed by atoms with Gasteiger partial charge in [0.15, 0.2) is 14.6 Å². The van der Waals surface area contributed by atoms with E-state index in [4.69, 9.17) is 15.2 Å². The lowest BCUT2D eigenvalue weighted by Gasteiger charge is -2.38. The first-order valence-electron chi connectivity index (χ1n) is 12.9. The predicted octanol–water partition coefficient (Wildman–Crippen LogP) is 4.02. The monoisotopic (exact) mass is 536 g/mol. The van der Waals surface area contributed by atoms with Crippen LogP contribution in [0.2, 0.25) is 0 Å². The van der Waals surface area contributed by atoms with Crippen molar-refractivity contribution in [3.05, 3.63) is 83.9 Å². The van der Waals surface area contributed by atoms with Crippen LogP contribution in [0.25, 0.3) is 11.1 Å². The molecule has 202 valence electrons. The largest absolute Gasteiger partial charge is 0.493 e. The van der Waals surface area contributed by atoms with E-state index in [-0.39, 0.29) is 17.7 Å². The average molecular weight is 537 g/mol. The van der Waals surface area contributed by atoms with Gasteiger partial charge in [0.2, 0.25) is 5.91 Å². The minimum Gasteiger partial charge on any atom is -0.493 e. The molecule has 1 fully saturated rings. The van der Waals surface area contributed by atoms with Crippen molar-refractivity contribution in [2.24, 2.45) is 5.73 Å². The Hall–Kier alpha value is -3.20. The molecule has 1 saturated heterocycles. The number of amides is 1. The number of carbonyl (C=O) groups is 1. The highest BCUT2D eigenvalue weighted by Gasteiger charge is 2.51. The number of hydrogen-bond acceptors (Lipinski definition) is 6. The molecule has 4 rings (SSSR count). The fraction of sp³-hybridized carbons (Fsp3) is 0.367. The summed E-state index contributed by atoms with van der Waals surface area (Å²) in [4.78, 5) is 14.6. The van der Waals surface area contributed by atoms with Crippen molar-refractivity contribution in [1.82, 2.24) is 4.90 Å². The van der Waals surface area contributed by atoms with Crippen LogP contribution in [0, 0.1) is 6.92 Å². The van der Waals surface area contributed by atoms with Gasteiger partial charge in [0.25, 0.3) is 0 Å². The van der Waals surface area contributed by atoms with Crippen LogP contribution >= 0.6 is 0 Å². The lowest BCUT2D eigenvalue weighted by atomic mass is 9.95. The van der Waals surface area contributed by atoms with Crippen LogP contribution in [0.3, 0.4) is 0 Å². The molecule has 3 aromatic carbocycles. The summed E-state index contributed by atoms with van der Waals surface area (Å²) < 4.78 is 36.5. The SMILES string of the molecule is COCCN1CCC(C(N)=O)(S(=O)(=O)c2ccc(OCCc3cccc(-c4ccc(C)cc4)c3)cc2)CC1. The van der Waals surface area contributed by atoms with Gasteiger partial charge in [-0.1, -0.05) is 54.1 Å². The first-order valence-corrected chi connectivity index (χ1v) is 14.4. The third kappa shape index (κ3) is 6.09. The molecule has 38 heavy (non-hydrogen) atoms. The van der Waals surface area contributed by atoms with Gasteiger partial charge in [-0.3, -0.25) is 4.79 Å². The Kier molecular flexibility index (Phi) is 8.87. The number of piperidine rings is 1. The number of nitrogens with two attached hydrogens (primary N) is 1. The highest BCUT2D eigenvalue weighted by Crippen LogP contribution is 2.36. The maximum absolute atomic E-state index is 13.6. The molecule has 1 aliphatic heterocycles. The molecule has 0 atom stereocenters. The molecule has 0 saturated carbocycles. The zero-order chi connectivity index (χ0) is 27.2. The summed E-state index contributed by atoms with van der Waals surface area (Å²) in [7, 11) is -2.34. The number of methoxy groups -OCH3 is 1. The number of rotatable bonds is 11. The van der Waals surface area contributed by atoms with Crippen molar-refractivity contribution in [2.75, 3.05) is 40.0 Å². The van der Waals surface area contributed by atoms with E-state index >= 15 is 0 Å². The second-order valence-corrected chi connectivity index (χ2v) is 12.1. The maximum atomic E-state index is 13.6. The number of likely N-dealkylation sites (tertiary alicyclic amines) is 1. The van der Waals surface area contributed by atoms with Crippen LogP contribution in [-0.4, -0.2) is 63.9 Å². The standard InChI is InChI=1S/C30H36N2O5S/c1-23-6-8-25(9-7-23)26-5-3-4-24(22-26)14-20-37-27-10-12-28(13-11-27)38(34,35)30(29(31)33)15-17-32(18-16-30)19-21-36-2/h3-13,22H,14-21H2,1-2H3,(H2,31,33). The molecule has 0 aromatic heterocycles. The van der Waals surface area contributed by atoms with Crippen molar-refractivity contribution in [1.29, 1.82) is 0 Å². The van der Waals surface area contributed by atoms with E-state index < -0.39 is 20.5 Å². The first-order chi connectivity index (χ1) is 18.2. The van der Waals surface area contributed by atoms with Crippen molar-refractivity contribution in [3.8, 4) is 16.9 Å². The number of nitrogens with zero attached hydrogens (tertiary/aromatic N) is 1. The van der Waals surface area contributed by atoms with Gasteiger partial charge in [0.1, 0.15) is 5.75 Å². The fourth-order valence-electron chi connectivity index (χ4n) is 4.89. The van der Waals surface area contributed by atoms with Crippen LogP contribution in [0.1, 0.15) is 24.0 Å². The molecule has 0 unspecified atom stereocenters. The van der Waals surface area contributed by atoms with Crippen LogP contribution in [-0.2, 0) is 25.8 Å². The molecular weight excluding hydrogens is 500 g/mol. The van der Waals surface area contributed by atoms with Gasteiger partial charge in [0.05, 0.1) is 18.1 Å². The minimum absolute atomic E-state index is 0.0831. The lowest BCUT2D eigenvalue weighted by molar-refractivity contribution is -0.121. The Morgan fingerprint density at radius 1 is 0.947 bits per heavy atom. The average Bonchev–Trinajstić information content (AvgIpc) is 2.93. The van der Waals surface area contributed by atoms with E-state index in [9.17, 15) is 13.2 Å². The Morgan fingerprint density at radius 2 is 1.63 bits per heavy atom. The third-order valence-electron chi connectivity index (χ3n) is 7.34. The Labute approximate surface area is 225 Å². The molecule has 1 aliphatic rings. The van der Waals surface area contributed by atoms with Gasteiger partial charge in [-0.2, -0.15) is 0 Å². The summed E-state index contributed by atoms with van der Waals surface area (Å²) in [5.74, 6) is -0.224. The van der Waals surface area contributed by atoms with Crippen molar-refractivity contribution >= 4 is 15.7 Å². The topological polar surface area (TPSA) is 98.9 Å². The molecule has 0 bridgehead atoms. The molecule has 2 N–H and O–H groups in total.